The quantitative estimate of drug-likeness (QED) is 0.392. The van der Waals surface area contributed by atoms with Crippen LogP contribution in [0.15, 0.2) is 48.5 Å². The third-order valence-corrected chi connectivity index (χ3v) is 6.52. The molecule has 0 saturated carbocycles. The molecule has 0 aliphatic heterocycles. The fraction of sp³-hybridized carbons (Fsp3) is 0.370. The van der Waals surface area contributed by atoms with Gasteiger partial charge in [0.2, 0.25) is 0 Å². The van der Waals surface area contributed by atoms with E-state index in [0.29, 0.717) is 34.5 Å². The van der Waals surface area contributed by atoms with Crippen LogP contribution in [0.3, 0.4) is 0 Å². The predicted octanol–water partition coefficient (Wildman–Crippen LogP) is 7.70. The van der Waals surface area contributed by atoms with Gasteiger partial charge in [0.1, 0.15) is 5.82 Å². The predicted molar refractivity (Wildman–Crippen MR) is 121 cm³/mol. The van der Waals surface area contributed by atoms with E-state index in [0.717, 1.165) is 30.7 Å². The molecule has 3 aromatic rings. The maximum atomic E-state index is 16.3. The molecule has 0 radical (unpaired) electrons. The lowest BCUT2D eigenvalue weighted by atomic mass is 9.77. The first-order valence-corrected chi connectivity index (χ1v) is 11.3. The molecule has 1 aliphatic rings. The van der Waals surface area contributed by atoms with Crippen molar-refractivity contribution in [3.05, 3.63) is 88.0 Å². The fourth-order valence-electron chi connectivity index (χ4n) is 4.63. The lowest BCUT2D eigenvalue weighted by molar-refractivity contribution is -0.137. The largest absolute Gasteiger partial charge is 0.416 e. The Morgan fingerprint density at radius 2 is 1.62 bits per heavy atom. The van der Waals surface area contributed by atoms with Crippen molar-refractivity contribution >= 4 is 0 Å². The monoisotopic (exact) mass is 475 g/mol. The number of alkyl halides is 4. The summed E-state index contributed by atoms with van der Waals surface area (Å²) in [7, 11) is 0. The second-order valence-electron chi connectivity index (χ2n) is 9.25. The summed E-state index contributed by atoms with van der Waals surface area (Å²) in [6, 6.07) is 9.58. The van der Waals surface area contributed by atoms with Crippen molar-refractivity contribution < 1.29 is 27.1 Å². The molecule has 3 atom stereocenters. The average molecular weight is 476 g/mol. The van der Waals surface area contributed by atoms with Crippen molar-refractivity contribution in [1.29, 1.82) is 0 Å². The molecule has 34 heavy (non-hydrogen) atoms. The highest BCUT2D eigenvalue weighted by molar-refractivity contribution is 5.75. The van der Waals surface area contributed by atoms with Crippen LogP contribution in [0.4, 0.5) is 22.0 Å². The van der Waals surface area contributed by atoms with Crippen molar-refractivity contribution in [2.75, 3.05) is 0 Å². The minimum Gasteiger partial charge on any atom is -0.388 e. The van der Waals surface area contributed by atoms with E-state index in [1.807, 2.05) is 20.8 Å². The normalized spacial score (nSPS) is 19.2. The van der Waals surface area contributed by atoms with Gasteiger partial charge in [-0.25, -0.2) is 8.78 Å². The van der Waals surface area contributed by atoms with Gasteiger partial charge in [-0.1, -0.05) is 45.0 Å². The number of aliphatic hydroxyl groups excluding tert-OH is 1. The number of fused-ring (bicyclic) bond motifs is 1. The second-order valence-corrected chi connectivity index (χ2v) is 9.25. The van der Waals surface area contributed by atoms with Crippen molar-refractivity contribution in [1.82, 2.24) is 4.98 Å². The van der Waals surface area contributed by atoms with Gasteiger partial charge in [-0.15, -0.1) is 0 Å². The maximum absolute atomic E-state index is 16.3. The second kappa shape index (κ2) is 9.10. The topological polar surface area (TPSA) is 33.1 Å². The van der Waals surface area contributed by atoms with Crippen LogP contribution in [0, 0.1) is 11.7 Å². The molecule has 3 unspecified atom stereocenters. The van der Waals surface area contributed by atoms with Crippen molar-refractivity contribution in [2.45, 2.75) is 58.0 Å². The molecule has 0 amide bonds. The zero-order chi connectivity index (χ0) is 24.8. The molecule has 1 aromatic heterocycles. The number of aryl methyl sites for hydroxylation is 1. The lowest BCUT2D eigenvalue weighted by Gasteiger charge is -2.33. The van der Waals surface area contributed by atoms with E-state index in [2.05, 4.69) is 0 Å². The molecule has 0 spiro atoms. The number of benzene rings is 2. The van der Waals surface area contributed by atoms with Gasteiger partial charge in [-0.05, 0) is 65.6 Å². The summed E-state index contributed by atoms with van der Waals surface area (Å²) in [4.78, 5) is 4.75. The van der Waals surface area contributed by atoms with Crippen molar-refractivity contribution in [3.8, 4) is 11.1 Å². The number of aromatic nitrogens is 1. The van der Waals surface area contributed by atoms with E-state index >= 15 is 4.39 Å². The number of pyridine rings is 1. The molecule has 0 fully saturated rings. The first kappa shape index (κ1) is 24.3. The third-order valence-electron chi connectivity index (χ3n) is 6.52. The Morgan fingerprint density at radius 3 is 2.18 bits per heavy atom. The summed E-state index contributed by atoms with van der Waals surface area (Å²) in [5.74, 6) is -0.732. The van der Waals surface area contributed by atoms with E-state index in [9.17, 15) is 22.7 Å². The highest BCUT2D eigenvalue weighted by atomic mass is 19.4. The van der Waals surface area contributed by atoms with Gasteiger partial charge < -0.3 is 5.11 Å². The molecule has 7 heteroatoms. The number of hydrogen-bond donors (Lipinski definition) is 1. The number of hydrogen-bond acceptors (Lipinski definition) is 2. The number of aliphatic hydroxyl groups is 1. The zero-order valence-corrected chi connectivity index (χ0v) is 19.1. The molecule has 2 aromatic carbocycles. The minimum atomic E-state index is -4.53. The van der Waals surface area contributed by atoms with Crippen LogP contribution in [-0.2, 0) is 12.6 Å². The summed E-state index contributed by atoms with van der Waals surface area (Å²) in [5.41, 5.74) is 2.04. The molecule has 0 saturated heterocycles. The Hall–Kier alpha value is -2.80. The molecular formula is C27H26F5NO. The SMILES string of the molecule is CC(C)c1nc2c(c(-c3ccc(F)cc3)c1C(F)c1ccc(C(F)(F)F)cc1)C(O)C(C)CC2. The molecular weight excluding hydrogens is 449 g/mol. The summed E-state index contributed by atoms with van der Waals surface area (Å²) in [5, 5.41) is 11.1. The molecule has 1 aliphatic carbocycles. The van der Waals surface area contributed by atoms with E-state index in [-0.39, 0.29) is 23.0 Å². The molecule has 2 nitrogen and oxygen atoms in total. The highest BCUT2D eigenvalue weighted by Crippen LogP contribution is 2.47. The Balaban J connectivity index is 1.99. The zero-order valence-electron chi connectivity index (χ0n) is 19.1. The Bertz CT molecular complexity index is 1170. The van der Waals surface area contributed by atoms with Crippen LogP contribution < -0.4 is 0 Å². The smallest absolute Gasteiger partial charge is 0.388 e. The molecule has 1 heterocycles. The van der Waals surface area contributed by atoms with E-state index < -0.39 is 29.8 Å². The molecule has 180 valence electrons. The van der Waals surface area contributed by atoms with E-state index in [1.165, 1.54) is 24.3 Å². The maximum Gasteiger partial charge on any atom is 0.416 e. The van der Waals surface area contributed by atoms with Gasteiger partial charge in [0.25, 0.3) is 0 Å². The Morgan fingerprint density at radius 1 is 1.00 bits per heavy atom. The van der Waals surface area contributed by atoms with Gasteiger partial charge in [-0.2, -0.15) is 13.2 Å². The van der Waals surface area contributed by atoms with Crippen LogP contribution in [0.1, 0.15) is 79.0 Å². The van der Waals surface area contributed by atoms with Gasteiger partial charge >= 0.3 is 6.18 Å². The van der Waals surface area contributed by atoms with Crippen LogP contribution in [0.2, 0.25) is 0 Å². The van der Waals surface area contributed by atoms with Crippen molar-refractivity contribution in [3.63, 3.8) is 0 Å². The Kier molecular flexibility index (Phi) is 6.51. The number of rotatable bonds is 4. The van der Waals surface area contributed by atoms with Crippen molar-refractivity contribution in [2.24, 2.45) is 5.92 Å². The van der Waals surface area contributed by atoms with E-state index in [1.54, 1.807) is 0 Å². The summed E-state index contributed by atoms with van der Waals surface area (Å²) in [6.45, 7) is 5.64. The fourth-order valence-corrected chi connectivity index (χ4v) is 4.63. The third kappa shape index (κ3) is 4.45. The lowest BCUT2D eigenvalue weighted by Crippen LogP contribution is -2.23. The summed E-state index contributed by atoms with van der Waals surface area (Å²) in [6.07, 6.45) is -5.88. The first-order chi connectivity index (χ1) is 16.0. The van der Waals surface area contributed by atoms with Crippen LogP contribution in [0.5, 0.6) is 0 Å². The summed E-state index contributed by atoms with van der Waals surface area (Å²) < 4.78 is 69.1. The molecule has 4 rings (SSSR count). The number of nitrogens with zero attached hydrogens (tertiary/aromatic N) is 1. The van der Waals surface area contributed by atoms with Gasteiger partial charge in [-0.3, -0.25) is 4.98 Å². The average Bonchev–Trinajstić information content (AvgIpc) is 2.80. The van der Waals surface area contributed by atoms with Crippen LogP contribution >= 0.6 is 0 Å². The molecule has 0 bridgehead atoms. The van der Waals surface area contributed by atoms with E-state index in [4.69, 9.17) is 4.98 Å². The highest BCUT2D eigenvalue weighted by Gasteiger charge is 2.35. The summed E-state index contributed by atoms with van der Waals surface area (Å²) >= 11 is 0. The molecule has 1 N–H and O–H groups in total. The Labute approximate surface area is 195 Å². The minimum absolute atomic E-state index is 0.0540. The van der Waals surface area contributed by atoms with Gasteiger partial charge in [0, 0.05) is 16.8 Å². The number of halogens is 5. The van der Waals surface area contributed by atoms with Crippen LogP contribution in [0.25, 0.3) is 11.1 Å². The van der Waals surface area contributed by atoms with Crippen LogP contribution in [-0.4, -0.2) is 10.1 Å². The first-order valence-electron chi connectivity index (χ1n) is 11.3. The van der Waals surface area contributed by atoms with Gasteiger partial charge in [0.15, 0.2) is 6.17 Å². The standard InChI is InChI=1S/C27H26F5NO/c1-14(2)25-23(24(29)17-5-9-18(10-6-17)27(30,31)32)21(16-7-11-19(28)12-8-16)22-20(33-25)13-4-15(3)26(22)34/h5-12,14-15,24,26,34H,4,13H2,1-3H3. The van der Waals surface area contributed by atoms with Gasteiger partial charge in [0.05, 0.1) is 17.4 Å².